The van der Waals surface area contributed by atoms with E-state index >= 15 is 0 Å². The van der Waals surface area contributed by atoms with Gasteiger partial charge in [-0.3, -0.25) is 0 Å². The zero-order valence-electron chi connectivity index (χ0n) is 11.2. The van der Waals surface area contributed by atoms with Crippen molar-refractivity contribution in [2.75, 3.05) is 6.54 Å². The first-order valence-corrected chi connectivity index (χ1v) is 6.54. The second-order valence-corrected chi connectivity index (χ2v) is 4.13. The Morgan fingerprint density at radius 1 is 1.24 bits per heavy atom. The molecular weight excluding hydrogens is 206 g/mol. The van der Waals surface area contributed by atoms with E-state index in [2.05, 4.69) is 55.3 Å². The molecule has 1 rings (SSSR count). The first-order valence-electron chi connectivity index (χ1n) is 6.54. The van der Waals surface area contributed by atoms with Crippen LogP contribution in [0, 0.1) is 11.8 Å². The number of benzene rings is 1. The molecule has 1 nitrogen and oxygen atoms in total. The van der Waals surface area contributed by atoms with E-state index in [9.17, 15) is 0 Å². The summed E-state index contributed by atoms with van der Waals surface area (Å²) in [6, 6.07) is 9.16. The highest BCUT2D eigenvalue weighted by atomic mass is 14.9. The van der Waals surface area contributed by atoms with E-state index in [0.717, 1.165) is 25.8 Å². The lowest BCUT2D eigenvalue weighted by molar-refractivity contribution is 0.519. The van der Waals surface area contributed by atoms with Gasteiger partial charge in [-0.15, -0.1) is 11.8 Å². The van der Waals surface area contributed by atoms with Crippen LogP contribution in [0.25, 0.3) is 0 Å². The van der Waals surface area contributed by atoms with Gasteiger partial charge in [0.15, 0.2) is 0 Å². The Balaban J connectivity index is 2.82. The van der Waals surface area contributed by atoms with Crippen molar-refractivity contribution in [1.29, 1.82) is 0 Å². The van der Waals surface area contributed by atoms with E-state index in [0.29, 0.717) is 6.04 Å². The maximum absolute atomic E-state index is 3.56. The molecule has 17 heavy (non-hydrogen) atoms. The topological polar surface area (TPSA) is 12.0 Å². The summed E-state index contributed by atoms with van der Waals surface area (Å²) in [4.78, 5) is 0. The maximum Gasteiger partial charge on any atom is 0.0331 e. The summed E-state index contributed by atoms with van der Waals surface area (Å²) in [6.45, 7) is 7.28. The van der Waals surface area contributed by atoms with Gasteiger partial charge >= 0.3 is 0 Å². The van der Waals surface area contributed by atoms with Crippen LogP contribution in [-0.2, 0) is 6.42 Å². The summed E-state index contributed by atoms with van der Waals surface area (Å²) < 4.78 is 0. The zero-order chi connectivity index (χ0) is 12.5. The molecule has 1 aromatic rings. The predicted octanol–water partition coefficient (Wildman–Crippen LogP) is 3.70. The van der Waals surface area contributed by atoms with Crippen molar-refractivity contribution in [2.45, 2.75) is 46.1 Å². The molecule has 1 aromatic carbocycles. The third-order valence-corrected chi connectivity index (χ3v) is 3.00. The van der Waals surface area contributed by atoms with Crippen molar-refractivity contribution >= 4 is 0 Å². The van der Waals surface area contributed by atoms with Crippen LogP contribution in [-0.4, -0.2) is 6.54 Å². The Bertz CT molecular complexity index is 384. The molecule has 0 radical (unpaired) electrons. The summed E-state index contributed by atoms with van der Waals surface area (Å²) in [6.07, 6.45) is 3.15. The molecule has 0 saturated heterocycles. The van der Waals surface area contributed by atoms with Gasteiger partial charge in [-0.25, -0.2) is 0 Å². The average molecular weight is 229 g/mol. The van der Waals surface area contributed by atoms with E-state index in [1.165, 1.54) is 11.1 Å². The fourth-order valence-corrected chi connectivity index (χ4v) is 2.15. The van der Waals surface area contributed by atoms with Crippen molar-refractivity contribution in [2.24, 2.45) is 0 Å². The highest BCUT2D eigenvalue weighted by Gasteiger charge is 2.12. The zero-order valence-corrected chi connectivity index (χ0v) is 11.2. The van der Waals surface area contributed by atoms with Crippen molar-refractivity contribution in [3.63, 3.8) is 0 Å². The highest BCUT2D eigenvalue weighted by molar-refractivity contribution is 5.30. The number of nitrogens with one attached hydrogen (secondary N) is 1. The molecule has 0 saturated carbocycles. The Kier molecular flexibility index (Phi) is 6.43. The van der Waals surface area contributed by atoms with Crippen molar-refractivity contribution in [3.8, 4) is 11.8 Å². The van der Waals surface area contributed by atoms with Crippen LogP contribution in [0.2, 0.25) is 0 Å². The first-order chi connectivity index (χ1) is 8.33. The van der Waals surface area contributed by atoms with Gasteiger partial charge < -0.3 is 5.32 Å². The van der Waals surface area contributed by atoms with Crippen molar-refractivity contribution < 1.29 is 0 Å². The summed E-state index contributed by atoms with van der Waals surface area (Å²) in [7, 11) is 0. The van der Waals surface area contributed by atoms with E-state index in [1.54, 1.807) is 0 Å². The lowest BCUT2D eigenvalue weighted by Crippen LogP contribution is -2.21. The molecule has 0 aromatic heterocycles. The molecule has 0 heterocycles. The van der Waals surface area contributed by atoms with Gasteiger partial charge in [0.2, 0.25) is 0 Å². The third kappa shape index (κ3) is 4.24. The quantitative estimate of drug-likeness (QED) is 0.733. The maximum atomic E-state index is 3.56. The molecule has 0 bridgehead atoms. The number of hydrogen-bond acceptors (Lipinski definition) is 1. The van der Waals surface area contributed by atoms with E-state index < -0.39 is 0 Å². The highest BCUT2D eigenvalue weighted by Crippen LogP contribution is 2.22. The summed E-state index contributed by atoms with van der Waals surface area (Å²) in [5, 5.41) is 3.56. The number of aryl methyl sites for hydroxylation is 1. The van der Waals surface area contributed by atoms with Gasteiger partial charge in [-0.2, -0.15) is 0 Å². The molecule has 1 unspecified atom stereocenters. The van der Waals surface area contributed by atoms with Gasteiger partial charge in [0, 0.05) is 12.5 Å². The summed E-state index contributed by atoms with van der Waals surface area (Å²) in [5.41, 5.74) is 2.89. The van der Waals surface area contributed by atoms with Crippen molar-refractivity contribution in [1.82, 2.24) is 5.32 Å². The second kappa shape index (κ2) is 7.92. The average Bonchev–Trinajstić information content (AvgIpc) is 2.38. The van der Waals surface area contributed by atoms with Gasteiger partial charge in [0.25, 0.3) is 0 Å². The van der Waals surface area contributed by atoms with Gasteiger partial charge in [-0.05, 0) is 37.4 Å². The van der Waals surface area contributed by atoms with Crippen LogP contribution < -0.4 is 5.32 Å². The smallest absolute Gasteiger partial charge is 0.0331 e. The van der Waals surface area contributed by atoms with Crippen molar-refractivity contribution in [3.05, 3.63) is 35.4 Å². The molecule has 0 fully saturated rings. The Morgan fingerprint density at radius 3 is 2.65 bits per heavy atom. The molecule has 1 atom stereocenters. The Hall–Kier alpha value is -1.26. The van der Waals surface area contributed by atoms with Crippen LogP contribution in [0.1, 0.15) is 50.8 Å². The molecule has 0 spiro atoms. The van der Waals surface area contributed by atoms with Gasteiger partial charge in [-0.1, -0.05) is 38.1 Å². The fraction of sp³-hybridized carbons (Fsp3) is 0.500. The normalized spacial score (nSPS) is 11.7. The molecule has 0 amide bonds. The van der Waals surface area contributed by atoms with Crippen LogP contribution in [0.4, 0.5) is 0 Å². The molecular formula is C16H23N. The third-order valence-electron chi connectivity index (χ3n) is 3.00. The largest absolute Gasteiger partial charge is 0.310 e. The molecule has 1 heteroatoms. The Labute approximate surface area is 106 Å². The molecule has 1 N–H and O–H groups in total. The monoisotopic (exact) mass is 229 g/mol. The van der Waals surface area contributed by atoms with Crippen LogP contribution in [0.5, 0.6) is 0 Å². The fourth-order valence-electron chi connectivity index (χ4n) is 2.15. The van der Waals surface area contributed by atoms with E-state index in [1.807, 2.05) is 6.92 Å². The first kappa shape index (κ1) is 13.8. The second-order valence-electron chi connectivity index (χ2n) is 4.13. The minimum atomic E-state index is 0.442. The van der Waals surface area contributed by atoms with Crippen LogP contribution in [0.3, 0.4) is 0 Å². The molecule has 0 aliphatic rings. The minimum Gasteiger partial charge on any atom is -0.310 e. The van der Waals surface area contributed by atoms with E-state index in [-0.39, 0.29) is 0 Å². The number of rotatable bonds is 6. The summed E-state index contributed by atoms with van der Waals surface area (Å²) in [5.74, 6) is 6.12. The molecule has 0 aliphatic heterocycles. The molecule has 0 aliphatic carbocycles. The minimum absolute atomic E-state index is 0.442. The van der Waals surface area contributed by atoms with Gasteiger partial charge in [0.1, 0.15) is 0 Å². The predicted molar refractivity (Wildman–Crippen MR) is 74.9 cm³/mol. The molecule has 92 valence electrons. The Morgan fingerprint density at radius 2 is 2.00 bits per heavy atom. The van der Waals surface area contributed by atoms with E-state index in [4.69, 9.17) is 0 Å². The number of hydrogen-bond donors (Lipinski definition) is 1. The van der Waals surface area contributed by atoms with Gasteiger partial charge in [0.05, 0.1) is 0 Å². The SMILES string of the molecule is CC#CCCC(NCC)c1ccccc1CC. The lowest BCUT2D eigenvalue weighted by atomic mass is 9.95. The lowest BCUT2D eigenvalue weighted by Gasteiger charge is -2.20. The van der Waals surface area contributed by atoms with Crippen LogP contribution >= 0.6 is 0 Å². The summed E-state index contributed by atoms with van der Waals surface area (Å²) >= 11 is 0. The van der Waals surface area contributed by atoms with Crippen LogP contribution in [0.15, 0.2) is 24.3 Å². The standard InChI is InChI=1S/C16H23N/c1-4-7-8-13-16(17-6-3)15-12-10-9-11-14(15)5-2/h9-12,16-17H,5-6,8,13H2,1-3H3.